The third kappa shape index (κ3) is 54.9. The largest absolute Gasteiger partial charge is 0.0683 e. The molecule has 0 aromatic carbocycles. The summed E-state index contributed by atoms with van der Waals surface area (Å²) in [6.45, 7) is 48.0. The average molecular weight is 1720 g/mol. The summed E-state index contributed by atoms with van der Waals surface area (Å²) < 4.78 is 0. The molecule has 23 rings (SSSR count). The molecule has 0 aromatic heterocycles. The lowest BCUT2D eigenvalue weighted by Crippen LogP contribution is -2.43. The van der Waals surface area contributed by atoms with Crippen LogP contribution in [-0.4, -0.2) is 0 Å². The fraction of sp³-hybridized carbons (Fsp3) is 1.00. The minimum absolute atomic E-state index is 1.16. The van der Waals surface area contributed by atoms with Gasteiger partial charge in [0.05, 0.1) is 0 Å². The van der Waals surface area contributed by atoms with Gasteiger partial charge in [-0.15, -0.1) is 0 Å². The zero-order valence-electron chi connectivity index (χ0n) is 90.7. The first kappa shape index (κ1) is 124. The molecule has 122 heavy (non-hydrogen) atoms. The van der Waals surface area contributed by atoms with E-state index in [1.807, 2.05) is 166 Å². The van der Waals surface area contributed by atoms with Crippen LogP contribution in [0.3, 0.4) is 0 Å². The minimum atomic E-state index is 1.16. The van der Waals surface area contributed by atoms with Crippen molar-refractivity contribution in [2.75, 3.05) is 0 Å². The number of hydrogen-bond donors (Lipinski definition) is 0. The first-order chi connectivity index (χ1) is 60.7. The monoisotopic (exact) mass is 1710 g/mol. The molecule has 0 N–H and O–H groups in total. The lowest BCUT2D eigenvalue weighted by atomic mass is 9.54. The van der Waals surface area contributed by atoms with E-state index in [4.69, 9.17) is 0 Å². The quantitative estimate of drug-likeness (QED) is 0.168. The molecule has 10 atom stereocenters. The molecule has 23 aliphatic rings. The van der Waals surface area contributed by atoms with E-state index in [1.165, 1.54) is 395 Å². The highest BCUT2D eigenvalue weighted by Gasteiger charge is 2.59. The molecule has 0 amide bonds. The van der Waals surface area contributed by atoms with Crippen molar-refractivity contribution >= 4 is 0 Å². The second-order valence-corrected chi connectivity index (χ2v) is 40.4. The molecule has 12 bridgehead atoms. The van der Waals surface area contributed by atoms with Gasteiger partial charge in [0.1, 0.15) is 0 Å². The van der Waals surface area contributed by atoms with Gasteiger partial charge >= 0.3 is 0 Å². The van der Waals surface area contributed by atoms with Crippen molar-refractivity contribution in [1.29, 1.82) is 0 Å². The highest BCUT2D eigenvalue weighted by molar-refractivity contribution is 5.08. The zero-order chi connectivity index (χ0) is 90.7. The molecule has 23 fully saturated rings. The number of fused-ring (bicyclic) bond motifs is 18. The van der Waals surface area contributed by atoms with Crippen LogP contribution in [0, 0.1) is 118 Å². The van der Waals surface area contributed by atoms with E-state index in [9.17, 15) is 0 Å². The van der Waals surface area contributed by atoms with Crippen molar-refractivity contribution in [2.45, 2.75) is 667 Å². The van der Waals surface area contributed by atoms with E-state index >= 15 is 0 Å². The molecular formula is C122H248. The van der Waals surface area contributed by atoms with Crippen LogP contribution in [0.5, 0.6) is 0 Å². The highest BCUT2D eigenvalue weighted by Crippen LogP contribution is 2.67. The first-order valence-electron chi connectivity index (χ1n) is 60.7. The second-order valence-electron chi connectivity index (χ2n) is 40.4. The van der Waals surface area contributed by atoms with Crippen molar-refractivity contribution in [3.05, 3.63) is 0 Å². The average Bonchev–Trinajstić information content (AvgIpc) is 1.56. The molecule has 0 spiro atoms. The summed E-state index contributed by atoms with van der Waals surface area (Å²) in [5.74, 6) is 23.7. The fourth-order valence-electron chi connectivity index (χ4n) is 27.3. The van der Waals surface area contributed by atoms with Crippen LogP contribution >= 0.6 is 0 Å². The van der Waals surface area contributed by atoms with E-state index in [1.54, 1.807) is 212 Å². The Bertz CT molecular complexity index is 1670. The number of hydrogen-bond acceptors (Lipinski definition) is 0. The van der Waals surface area contributed by atoms with Gasteiger partial charge < -0.3 is 0 Å². The van der Waals surface area contributed by atoms with Gasteiger partial charge in [0.15, 0.2) is 0 Å². The van der Waals surface area contributed by atoms with Gasteiger partial charge in [0.25, 0.3) is 0 Å². The molecule has 23 saturated carbocycles. The predicted molar refractivity (Wildman–Crippen MR) is 566 cm³/mol. The summed E-state index contributed by atoms with van der Waals surface area (Å²) >= 11 is 0. The normalized spacial score (nSPS) is 33.6. The Hall–Kier alpha value is 0. The lowest BCUT2D eigenvalue weighted by Gasteiger charge is -2.51. The lowest BCUT2D eigenvalue weighted by molar-refractivity contribution is -0.0184. The maximum absolute atomic E-state index is 2.00. The van der Waals surface area contributed by atoms with Gasteiger partial charge in [0, 0.05) is 0 Å². The van der Waals surface area contributed by atoms with Crippen molar-refractivity contribution in [3.63, 3.8) is 0 Å². The van der Waals surface area contributed by atoms with Crippen LogP contribution in [0.2, 0.25) is 0 Å². The maximum atomic E-state index is 2.00. The molecule has 0 aliphatic heterocycles. The van der Waals surface area contributed by atoms with Crippen molar-refractivity contribution in [2.24, 2.45) is 118 Å². The SMILES string of the molecule is C1C2CC3CC1CC(C2)C3.C1CC1.C1CC2CC1C1C3CCC(C3)C21.C1CC2CCC1C2.C1CC2CCC1C2.C1CCC1.C1CCC2C(C1)CCC1C3CCCC3CCC21.C1CCCC1.C1CCCCC1.C1CCCCCC1.C1CCCCCCC1.C1CCCCCCCCCCC1.CC.CC.CC.CC.CC.CC.CC.CC.CC.CC.CC.CC. The van der Waals surface area contributed by atoms with E-state index in [-0.39, 0.29) is 0 Å². The van der Waals surface area contributed by atoms with Crippen LogP contribution in [-0.2, 0) is 0 Å². The smallest absolute Gasteiger partial charge is 0.0323 e. The molecule has 0 nitrogen and oxygen atoms in total. The van der Waals surface area contributed by atoms with Gasteiger partial charge in [0.2, 0.25) is 0 Å². The van der Waals surface area contributed by atoms with Gasteiger partial charge in [-0.05, 0) is 247 Å². The second kappa shape index (κ2) is 91.5. The Kier molecular flexibility index (Phi) is 93.0. The summed E-state index contributed by atoms with van der Waals surface area (Å²) in [7, 11) is 0. The van der Waals surface area contributed by atoms with Gasteiger partial charge in [-0.1, -0.05) is 539 Å². The maximum Gasteiger partial charge on any atom is -0.0323 e. The Morgan fingerprint density at radius 1 is 0.0902 bits per heavy atom. The van der Waals surface area contributed by atoms with Crippen molar-refractivity contribution < 1.29 is 0 Å². The molecule has 0 heterocycles. The molecular weight excluding hydrogens is 1470 g/mol. The van der Waals surface area contributed by atoms with E-state index in [2.05, 4.69) is 0 Å². The molecule has 736 valence electrons. The zero-order valence-corrected chi connectivity index (χ0v) is 90.7. The molecule has 0 heteroatoms. The standard InChI is InChI=1S/C17H28.C12H18.C12H24.C10H16.C8H16.2C7H12.C7H14.C6H12.C5H10.C4H8.C3H6.12C2H6/c1-2-6-14-12(4-1)8-10-17-15-7-3-5-13(15)9-11-16(14)17;1-2-8-5-7(1)11-9-3-4-10(6-9)12(8)11;1-2-4-6-8-10-12-11-9-7-5-3-1;1-7-2-9-4-8(1)5-10(3-7)6-9;1-2-4-6-8-7-5-3-1;2*1-2-7-4-3-6(1)5-7;1-2-4-6-7-5-3-1;1-2-4-6-5-3-1;1-2-4-5-3-1;1-2-4-3-1;1-2-3-1;12*1-2/h12-17H,1-11H2;7-12H,1-6H2;1-12H2;7-10H,1-6H2;1-8H2;2*6-7H,1-5H2;1-7H2;1-6H2;1-5H2;1-4H2;1-3H2;12*1-2H3. The summed E-state index contributed by atoms with van der Waals surface area (Å²) in [5.41, 5.74) is 0. The van der Waals surface area contributed by atoms with Crippen molar-refractivity contribution in [1.82, 2.24) is 0 Å². The Labute approximate surface area is 780 Å². The third-order valence-corrected chi connectivity index (χ3v) is 32.8. The van der Waals surface area contributed by atoms with Crippen LogP contribution < -0.4 is 0 Å². The summed E-state index contributed by atoms with van der Waals surface area (Å²) in [5, 5.41) is 0. The first-order valence-corrected chi connectivity index (χ1v) is 60.7. The molecule has 23 aliphatic carbocycles. The van der Waals surface area contributed by atoms with E-state index in [0.717, 1.165) is 11.8 Å². The van der Waals surface area contributed by atoms with Crippen LogP contribution in [0.1, 0.15) is 667 Å². The molecule has 10 unspecified atom stereocenters. The Morgan fingerprint density at radius 3 is 0.393 bits per heavy atom. The molecule has 0 radical (unpaired) electrons. The highest BCUT2D eigenvalue weighted by atomic mass is 14.6. The Balaban J connectivity index is 0. The van der Waals surface area contributed by atoms with Crippen LogP contribution in [0.15, 0.2) is 0 Å². The topological polar surface area (TPSA) is 0 Å². The van der Waals surface area contributed by atoms with Gasteiger partial charge in [-0.25, -0.2) is 0 Å². The van der Waals surface area contributed by atoms with Gasteiger partial charge in [-0.3, -0.25) is 0 Å². The van der Waals surface area contributed by atoms with E-state index < -0.39 is 0 Å². The van der Waals surface area contributed by atoms with Crippen molar-refractivity contribution in [3.8, 4) is 0 Å². The van der Waals surface area contributed by atoms with Crippen LogP contribution in [0.25, 0.3) is 0 Å². The van der Waals surface area contributed by atoms with E-state index in [0.29, 0.717) is 0 Å². The van der Waals surface area contributed by atoms with Crippen LogP contribution in [0.4, 0.5) is 0 Å². The fourth-order valence-corrected chi connectivity index (χ4v) is 27.3. The van der Waals surface area contributed by atoms with Gasteiger partial charge in [-0.2, -0.15) is 0 Å². The third-order valence-electron chi connectivity index (χ3n) is 32.8. The molecule has 0 saturated heterocycles. The summed E-state index contributed by atoms with van der Waals surface area (Å²) in [6, 6.07) is 0. The Morgan fingerprint density at radius 2 is 0.230 bits per heavy atom. The number of rotatable bonds is 0. The molecule has 0 aromatic rings. The predicted octanol–water partition coefficient (Wildman–Crippen LogP) is 45.2. The summed E-state index contributed by atoms with van der Waals surface area (Å²) in [6.07, 6.45) is 120. The minimum Gasteiger partial charge on any atom is -0.0683 e. The summed E-state index contributed by atoms with van der Waals surface area (Å²) in [4.78, 5) is 0.